The number of anilines is 1. The molecule has 0 atom stereocenters. The van der Waals surface area contributed by atoms with Crippen LogP contribution in [0, 0.1) is 6.92 Å². The van der Waals surface area contributed by atoms with Gasteiger partial charge in [-0.1, -0.05) is 29.3 Å². The zero-order chi connectivity index (χ0) is 11.5. The first kappa shape index (κ1) is 11.7. The van der Waals surface area contributed by atoms with Crippen LogP contribution in [0.3, 0.4) is 0 Å². The second-order valence-corrected chi connectivity index (χ2v) is 5.43. The van der Waals surface area contributed by atoms with Gasteiger partial charge in [0.2, 0.25) is 0 Å². The highest BCUT2D eigenvalue weighted by Gasteiger charge is 2.05. The van der Waals surface area contributed by atoms with E-state index in [0.29, 0.717) is 16.6 Å². The summed E-state index contributed by atoms with van der Waals surface area (Å²) in [4.78, 5) is 5.35. The highest BCUT2D eigenvalue weighted by molar-refractivity contribution is 7.11. The summed E-state index contributed by atoms with van der Waals surface area (Å²) < 4.78 is 0. The average molecular weight is 273 g/mol. The third-order valence-electron chi connectivity index (χ3n) is 2.07. The number of thiazole rings is 1. The summed E-state index contributed by atoms with van der Waals surface area (Å²) in [6.45, 7) is 2.67. The predicted octanol–water partition coefficient (Wildman–Crippen LogP) is 4.37. The molecule has 5 heteroatoms. The van der Waals surface area contributed by atoms with Crippen LogP contribution in [0.2, 0.25) is 10.0 Å². The van der Waals surface area contributed by atoms with Crippen LogP contribution in [0.1, 0.15) is 9.88 Å². The van der Waals surface area contributed by atoms with Gasteiger partial charge in [-0.25, -0.2) is 4.98 Å². The van der Waals surface area contributed by atoms with E-state index in [9.17, 15) is 0 Å². The fourth-order valence-corrected chi connectivity index (χ4v) is 2.59. The van der Waals surface area contributed by atoms with Crippen molar-refractivity contribution in [2.75, 3.05) is 5.32 Å². The monoisotopic (exact) mass is 272 g/mol. The van der Waals surface area contributed by atoms with E-state index in [0.717, 1.165) is 15.6 Å². The molecule has 84 valence electrons. The van der Waals surface area contributed by atoms with Crippen molar-refractivity contribution < 1.29 is 0 Å². The van der Waals surface area contributed by atoms with Crippen LogP contribution >= 0.6 is 34.5 Å². The average Bonchev–Trinajstić information content (AvgIpc) is 2.63. The van der Waals surface area contributed by atoms with Crippen LogP contribution in [0.25, 0.3) is 0 Å². The van der Waals surface area contributed by atoms with Crippen LogP contribution in [-0.2, 0) is 6.54 Å². The summed E-state index contributed by atoms with van der Waals surface area (Å²) in [5.74, 6) is 0. The third-order valence-corrected chi connectivity index (χ3v) is 3.61. The van der Waals surface area contributed by atoms with Crippen LogP contribution in [0.4, 0.5) is 5.69 Å². The topological polar surface area (TPSA) is 24.9 Å². The number of hydrogen-bond donors (Lipinski definition) is 1. The van der Waals surface area contributed by atoms with E-state index in [1.165, 1.54) is 0 Å². The number of rotatable bonds is 3. The molecule has 16 heavy (non-hydrogen) atoms. The van der Waals surface area contributed by atoms with E-state index in [4.69, 9.17) is 23.2 Å². The fraction of sp³-hybridized carbons (Fsp3) is 0.182. The van der Waals surface area contributed by atoms with Gasteiger partial charge >= 0.3 is 0 Å². The Morgan fingerprint density at radius 2 is 2.00 bits per heavy atom. The van der Waals surface area contributed by atoms with E-state index in [1.807, 2.05) is 31.3 Å². The fourth-order valence-electron chi connectivity index (χ4n) is 1.33. The Morgan fingerprint density at radius 1 is 1.31 bits per heavy atom. The minimum Gasteiger partial charge on any atom is -0.378 e. The minimum atomic E-state index is 0.633. The molecule has 1 aromatic carbocycles. The standard InChI is InChI=1S/C11H10Cl2N2S/c1-7-14-5-8(16-7)6-15-11-9(12)3-2-4-10(11)13/h2-5,15H,6H2,1H3. The number of benzene rings is 1. The highest BCUT2D eigenvalue weighted by atomic mass is 35.5. The lowest BCUT2D eigenvalue weighted by Crippen LogP contribution is -1.98. The van der Waals surface area contributed by atoms with Crippen LogP contribution in [0.15, 0.2) is 24.4 Å². The number of hydrogen-bond acceptors (Lipinski definition) is 3. The summed E-state index contributed by atoms with van der Waals surface area (Å²) in [6.07, 6.45) is 1.86. The van der Waals surface area contributed by atoms with Gasteiger partial charge in [-0.05, 0) is 19.1 Å². The maximum absolute atomic E-state index is 6.04. The Kier molecular flexibility index (Phi) is 3.69. The molecule has 0 radical (unpaired) electrons. The lowest BCUT2D eigenvalue weighted by atomic mass is 10.3. The van der Waals surface area contributed by atoms with E-state index < -0.39 is 0 Å². The Balaban J connectivity index is 2.10. The molecule has 0 amide bonds. The molecular formula is C11H10Cl2N2S. The molecule has 1 aromatic heterocycles. The zero-order valence-electron chi connectivity index (χ0n) is 8.63. The van der Waals surface area contributed by atoms with Gasteiger partial charge in [-0.2, -0.15) is 0 Å². The molecule has 0 unspecified atom stereocenters. The number of para-hydroxylation sites is 1. The summed E-state index contributed by atoms with van der Waals surface area (Å²) >= 11 is 13.7. The first-order chi connectivity index (χ1) is 7.66. The lowest BCUT2D eigenvalue weighted by Gasteiger charge is -2.08. The number of nitrogens with zero attached hydrogens (tertiary/aromatic N) is 1. The molecule has 0 spiro atoms. The van der Waals surface area contributed by atoms with Crippen LogP contribution in [0.5, 0.6) is 0 Å². The van der Waals surface area contributed by atoms with Gasteiger partial charge in [0, 0.05) is 11.1 Å². The molecule has 1 N–H and O–H groups in total. The highest BCUT2D eigenvalue weighted by Crippen LogP contribution is 2.30. The molecule has 0 saturated heterocycles. The quantitative estimate of drug-likeness (QED) is 0.898. The van der Waals surface area contributed by atoms with Gasteiger partial charge in [0.15, 0.2) is 0 Å². The van der Waals surface area contributed by atoms with Crippen molar-refractivity contribution in [3.8, 4) is 0 Å². The zero-order valence-corrected chi connectivity index (χ0v) is 11.0. The maximum atomic E-state index is 6.04. The summed E-state index contributed by atoms with van der Waals surface area (Å²) in [5, 5.41) is 5.54. The molecule has 0 aliphatic rings. The normalized spacial score (nSPS) is 10.4. The minimum absolute atomic E-state index is 0.633. The number of aromatic nitrogens is 1. The van der Waals surface area contributed by atoms with Gasteiger partial charge < -0.3 is 5.32 Å². The SMILES string of the molecule is Cc1ncc(CNc2c(Cl)cccc2Cl)s1. The van der Waals surface area contributed by atoms with Gasteiger partial charge in [0.25, 0.3) is 0 Å². The second-order valence-electron chi connectivity index (χ2n) is 3.30. The van der Waals surface area contributed by atoms with Crippen molar-refractivity contribution in [1.82, 2.24) is 4.98 Å². The molecule has 1 heterocycles. The van der Waals surface area contributed by atoms with Gasteiger partial charge in [-0.3, -0.25) is 0 Å². The number of nitrogens with one attached hydrogen (secondary N) is 1. The molecule has 2 nitrogen and oxygen atoms in total. The molecule has 0 aliphatic heterocycles. The lowest BCUT2D eigenvalue weighted by molar-refractivity contribution is 1.17. The Morgan fingerprint density at radius 3 is 2.56 bits per heavy atom. The van der Waals surface area contributed by atoms with Crippen LogP contribution < -0.4 is 5.32 Å². The number of aryl methyl sites for hydroxylation is 1. The Bertz CT molecular complexity index is 476. The largest absolute Gasteiger partial charge is 0.378 e. The van der Waals surface area contributed by atoms with E-state index in [-0.39, 0.29) is 0 Å². The first-order valence-electron chi connectivity index (χ1n) is 4.76. The molecule has 0 saturated carbocycles. The Labute approximate surface area is 108 Å². The van der Waals surface area contributed by atoms with Gasteiger partial charge in [0.05, 0.1) is 27.3 Å². The van der Waals surface area contributed by atoms with Crippen molar-refractivity contribution >= 4 is 40.2 Å². The summed E-state index contributed by atoms with van der Waals surface area (Å²) in [7, 11) is 0. The maximum Gasteiger partial charge on any atom is 0.0897 e. The van der Waals surface area contributed by atoms with Gasteiger partial charge in [-0.15, -0.1) is 11.3 Å². The van der Waals surface area contributed by atoms with E-state index in [2.05, 4.69) is 10.3 Å². The third kappa shape index (κ3) is 2.67. The van der Waals surface area contributed by atoms with E-state index >= 15 is 0 Å². The van der Waals surface area contributed by atoms with Crippen molar-refractivity contribution in [2.24, 2.45) is 0 Å². The van der Waals surface area contributed by atoms with E-state index in [1.54, 1.807) is 11.3 Å². The Hall–Kier alpha value is -0.770. The van der Waals surface area contributed by atoms with Crippen molar-refractivity contribution in [3.05, 3.63) is 44.3 Å². The first-order valence-corrected chi connectivity index (χ1v) is 6.33. The molecule has 0 bridgehead atoms. The molecule has 2 rings (SSSR count). The molecule has 2 aromatic rings. The van der Waals surface area contributed by atoms with Gasteiger partial charge in [0.1, 0.15) is 0 Å². The summed E-state index contributed by atoms with van der Waals surface area (Å²) in [5.41, 5.74) is 0.775. The molecule has 0 fully saturated rings. The molecular weight excluding hydrogens is 263 g/mol. The summed E-state index contributed by atoms with van der Waals surface area (Å²) in [6, 6.07) is 5.45. The van der Waals surface area contributed by atoms with Crippen LogP contribution in [-0.4, -0.2) is 4.98 Å². The van der Waals surface area contributed by atoms with Crippen molar-refractivity contribution in [2.45, 2.75) is 13.5 Å². The van der Waals surface area contributed by atoms with Crippen molar-refractivity contribution in [1.29, 1.82) is 0 Å². The van der Waals surface area contributed by atoms with Crippen molar-refractivity contribution in [3.63, 3.8) is 0 Å². The smallest absolute Gasteiger partial charge is 0.0897 e. The predicted molar refractivity (Wildman–Crippen MR) is 70.6 cm³/mol. The molecule has 0 aliphatic carbocycles. The second kappa shape index (κ2) is 5.04. The number of halogens is 2.